The average molecular weight is 431 g/mol. The molecule has 0 aliphatic heterocycles. The first-order valence-electron chi connectivity index (χ1n) is 11.9. The molecule has 1 aromatic heterocycles. The van der Waals surface area contributed by atoms with Crippen LogP contribution in [0.5, 0.6) is 0 Å². The summed E-state index contributed by atoms with van der Waals surface area (Å²) in [5.74, 6) is 2.96. The first-order valence-corrected chi connectivity index (χ1v) is 12.9. The molecule has 5 rings (SSSR count). The summed E-state index contributed by atoms with van der Waals surface area (Å²) in [6.07, 6.45) is 16.1. The van der Waals surface area contributed by atoms with E-state index in [0.717, 1.165) is 42.0 Å². The summed E-state index contributed by atoms with van der Waals surface area (Å²) >= 11 is 1.73. The van der Waals surface area contributed by atoms with Crippen molar-refractivity contribution in [2.24, 2.45) is 35.6 Å². The predicted octanol–water partition coefficient (Wildman–Crippen LogP) is 5.22. The van der Waals surface area contributed by atoms with Gasteiger partial charge in [-0.15, -0.1) is 0 Å². The molecule has 0 unspecified atom stereocenters. The molecule has 1 heterocycles. The molecule has 30 heavy (non-hydrogen) atoms. The lowest BCUT2D eigenvalue weighted by atomic mass is 9.46. The molecule has 166 valence electrons. The van der Waals surface area contributed by atoms with Gasteiger partial charge in [0.15, 0.2) is 5.16 Å². The van der Waals surface area contributed by atoms with Crippen LogP contribution in [0.2, 0.25) is 0 Å². The summed E-state index contributed by atoms with van der Waals surface area (Å²) in [5.41, 5.74) is 1.48. The number of imidazole rings is 1. The second-order valence-corrected chi connectivity index (χ2v) is 11.9. The number of aromatic nitrogens is 2. The normalized spacial score (nSPS) is 45.4. The molecule has 7 atom stereocenters. The van der Waals surface area contributed by atoms with Crippen LogP contribution in [0.4, 0.5) is 0 Å². The number of allylic oxidation sites excluding steroid dienone is 1. The predicted molar refractivity (Wildman–Crippen MR) is 121 cm³/mol. The molecule has 0 aromatic carbocycles. The van der Waals surface area contributed by atoms with E-state index in [1.54, 1.807) is 17.3 Å². The second kappa shape index (κ2) is 7.38. The molecular weight excluding hydrogens is 392 g/mol. The Morgan fingerprint density at radius 2 is 1.97 bits per heavy atom. The minimum atomic E-state index is -0.579. The monoisotopic (exact) mass is 430 g/mol. The van der Waals surface area contributed by atoms with Gasteiger partial charge in [-0.3, -0.25) is 0 Å². The number of hydrogen-bond acceptors (Lipinski definition) is 4. The average Bonchev–Trinajstić information content (AvgIpc) is 3.26. The highest BCUT2D eigenvalue weighted by atomic mass is 32.2. The fourth-order valence-corrected chi connectivity index (χ4v) is 9.15. The molecule has 3 fully saturated rings. The standard InChI is InChI=1S/C25H38N2O2S/c1-23-10-7-18(29-4)15-17(23)5-6-19-20(23)8-11-24(2)21(19)9-12-25(24,28)16-30-22-26-13-14-27(22)3/h13-15,18-21,28H,5-12,16H2,1-4H3/t18-,19-,20-,21+,23-,24+,25+/m0/s1. The van der Waals surface area contributed by atoms with Crippen LogP contribution in [0.3, 0.4) is 0 Å². The fourth-order valence-electron chi connectivity index (χ4n) is 7.90. The van der Waals surface area contributed by atoms with E-state index in [1.165, 1.54) is 32.1 Å². The summed E-state index contributed by atoms with van der Waals surface area (Å²) < 4.78 is 7.74. The zero-order valence-corrected chi connectivity index (χ0v) is 19.9. The van der Waals surface area contributed by atoms with Crippen molar-refractivity contribution in [1.82, 2.24) is 9.55 Å². The van der Waals surface area contributed by atoms with E-state index in [4.69, 9.17) is 4.74 Å². The Labute approximate surface area is 185 Å². The molecule has 4 nitrogen and oxygen atoms in total. The molecule has 0 radical (unpaired) electrons. The lowest BCUT2D eigenvalue weighted by Gasteiger charge is -2.59. The highest BCUT2D eigenvalue weighted by Crippen LogP contribution is 2.68. The van der Waals surface area contributed by atoms with E-state index in [1.807, 2.05) is 26.6 Å². The van der Waals surface area contributed by atoms with Gasteiger partial charge in [0.25, 0.3) is 0 Å². The van der Waals surface area contributed by atoms with Crippen LogP contribution in [-0.4, -0.2) is 39.2 Å². The topological polar surface area (TPSA) is 47.3 Å². The molecule has 4 aliphatic carbocycles. The number of methoxy groups -OCH3 is 1. The van der Waals surface area contributed by atoms with Crippen LogP contribution in [0.1, 0.15) is 65.2 Å². The van der Waals surface area contributed by atoms with Gasteiger partial charge in [-0.25, -0.2) is 4.98 Å². The second-order valence-electron chi connectivity index (χ2n) is 11.0. The van der Waals surface area contributed by atoms with Crippen molar-refractivity contribution in [3.05, 3.63) is 24.0 Å². The van der Waals surface area contributed by atoms with Crippen LogP contribution < -0.4 is 0 Å². The Bertz CT molecular complexity index is 837. The van der Waals surface area contributed by atoms with E-state index in [9.17, 15) is 5.11 Å². The van der Waals surface area contributed by atoms with E-state index >= 15 is 0 Å². The highest BCUT2D eigenvalue weighted by Gasteiger charge is 2.63. The summed E-state index contributed by atoms with van der Waals surface area (Å²) in [6.45, 7) is 4.96. The minimum absolute atomic E-state index is 0.0354. The van der Waals surface area contributed by atoms with Gasteiger partial charge in [0.05, 0.1) is 11.7 Å². The summed E-state index contributed by atoms with van der Waals surface area (Å²) in [5, 5.41) is 12.9. The van der Waals surface area contributed by atoms with Crippen molar-refractivity contribution >= 4 is 11.8 Å². The van der Waals surface area contributed by atoms with Gasteiger partial charge in [-0.05, 0) is 74.5 Å². The van der Waals surface area contributed by atoms with E-state index in [2.05, 4.69) is 29.5 Å². The third-order valence-corrected chi connectivity index (χ3v) is 11.2. The number of rotatable bonds is 4. The maximum absolute atomic E-state index is 11.9. The smallest absolute Gasteiger partial charge is 0.167 e. The van der Waals surface area contributed by atoms with Crippen molar-refractivity contribution in [1.29, 1.82) is 0 Å². The summed E-state index contributed by atoms with van der Waals surface area (Å²) in [4.78, 5) is 4.47. The van der Waals surface area contributed by atoms with Gasteiger partial charge in [0, 0.05) is 37.7 Å². The first kappa shape index (κ1) is 21.1. The molecule has 4 aliphatic rings. The van der Waals surface area contributed by atoms with Crippen LogP contribution in [-0.2, 0) is 11.8 Å². The quantitative estimate of drug-likeness (QED) is 0.525. The van der Waals surface area contributed by atoms with Gasteiger partial charge in [-0.2, -0.15) is 0 Å². The number of fused-ring (bicyclic) bond motifs is 5. The Balaban J connectivity index is 1.37. The third kappa shape index (κ3) is 2.98. The van der Waals surface area contributed by atoms with E-state index < -0.39 is 5.60 Å². The van der Waals surface area contributed by atoms with Crippen molar-refractivity contribution in [2.45, 2.75) is 82.1 Å². The number of aryl methyl sites for hydroxylation is 1. The van der Waals surface area contributed by atoms with Gasteiger partial charge in [-0.1, -0.05) is 37.3 Å². The lowest BCUT2D eigenvalue weighted by molar-refractivity contribution is -0.116. The number of hydrogen-bond donors (Lipinski definition) is 1. The zero-order chi connectivity index (χ0) is 21.1. The summed E-state index contributed by atoms with van der Waals surface area (Å²) in [6, 6.07) is 0. The van der Waals surface area contributed by atoms with Crippen molar-refractivity contribution < 1.29 is 9.84 Å². The van der Waals surface area contributed by atoms with Crippen LogP contribution in [0.25, 0.3) is 0 Å². The van der Waals surface area contributed by atoms with E-state index in [0.29, 0.717) is 17.4 Å². The maximum atomic E-state index is 11.9. The number of ether oxygens (including phenoxy) is 1. The van der Waals surface area contributed by atoms with Gasteiger partial charge in [0.2, 0.25) is 0 Å². The Morgan fingerprint density at radius 1 is 1.17 bits per heavy atom. The van der Waals surface area contributed by atoms with E-state index in [-0.39, 0.29) is 5.41 Å². The molecule has 0 bridgehead atoms. The molecular formula is C25H38N2O2S. The van der Waals surface area contributed by atoms with Gasteiger partial charge >= 0.3 is 0 Å². The largest absolute Gasteiger partial charge is 0.388 e. The Kier molecular flexibility index (Phi) is 5.19. The lowest BCUT2D eigenvalue weighted by Crippen LogP contribution is -2.55. The molecule has 0 spiro atoms. The van der Waals surface area contributed by atoms with Gasteiger partial charge in [0.1, 0.15) is 0 Å². The Hall–Kier alpha value is -0.780. The number of nitrogens with zero attached hydrogens (tertiary/aromatic N) is 2. The number of thioether (sulfide) groups is 1. The fraction of sp³-hybridized carbons (Fsp3) is 0.800. The maximum Gasteiger partial charge on any atom is 0.167 e. The molecule has 5 heteroatoms. The van der Waals surface area contributed by atoms with Crippen molar-refractivity contribution in [2.75, 3.05) is 12.9 Å². The molecule has 3 saturated carbocycles. The minimum Gasteiger partial charge on any atom is -0.388 e. The first-order chi connectivity index (χ1) is 14.3. The zero-order valence-electron chi connectivity index (χ0n) is 19.1. The van der Waals surface area contributed by atoms with Crippen LogP contribution in [0, 0.1) is 28.6 Å². The molecule has 0 amide bonds. The van der Waals surface area contributed by atoms with Crippen LogP contribution >= 0.6 is 11.8 Å². The van der Waals surface area contributed by atoms with Crippen molar-refractivity contribution in [3.63, 3.8) is 0 Å². The van der Waals surface area contributed by atoms with Crippen molar-refractivity contribution in [3.8, 4) is 0 Å². The molecule has 1 aromatic rings. The van der Waals surface area contributed by atoms with Gasteiger partial charge < -0.3 is 14.4 Å². The highest BCUT2D eigenvalue weighted by molar-refractivity contribution is 7.99. The SMILES string of the molecule is CO[C@@H]1C=C2CC[C@@H]3[C@H]4CC[C@@](O)(CSc5nccn5C)[C@]4(C)CC[C@@H]3[C@@]2(C)CC1. The summed E-state index contributed by atoms with van der Waals surface area (Å²) in [7, 11) is 3.89. The molecule has 1 N–H and O–H groups in total. The number of aliphatic hydroxyl groups is 1. The Morgan fingerprint density at radius 3 is 2.70 bits per heavy atom. The molecule has 0 saturated heterocycles. The third-order valence-electron chi connectivity index (χ3n) is 9.91. The van der Waals surface area contributed by atoms with Crippen LogP contribution in [0.15, 0.2) is 29.2 Å².